The van der Waals surface area contributed by atoms with Crippen molar-refractivity contribution in [2.24, 2.45) is 16.9 Å². The third-order valence-electron chi connectivity index (χ3n) is 3.90. The number of hydrazone groups is 1. The Bertz CT molecular complexity index is 570. The van der Waals surface area contributed by atoms with Gasteiger partial charge in [0.1, 0.15) is 5.75 Å². The van der Waals surface area contributed by atoms with Crippen LogP contribution in [0.25, 0.3) is 0 Å². The van der Waals surface area contributed by atoms with Crippen molar-refractivity contribution >= 4 is 23.5 Å². The van der Waals surface area contributed by atoms with E-state index in [2.05, 4.69) is 28.0 Å². The molecule has 1 fully saturated rings. The molecule has 3 N–H and O–H groups in total. The topological polar surface area (TPSA) is 56.7 Å². The van der Waals surface area contributed by atoms with Crippen molar-refractivity contribution in [1.29, 1.82) is 0 Å². The molecule has 1 aromatic carbocycles. The molecule has 0 aromatic heterocycles. The fourth-order valence-corrected chi connectivity index (χ4v) is 3.11. The molecule has 5 heteroatoms. The molecule has 0 unspecified atom stereocenters. The van der Waals surface area contributed by atoms with Gasteiger partial charge in [-0.15, -0.1) is 0 Å². The van der Waals surface area contributed by atoms with Gasteiger partial charge in [-0.1, -0.05) is 24.3 Å². The first kappa shape index (κ1) is 13.1. The van der Waals surface area contributed by atoms with Crippen molar-refractivity contribution in [2.75, 3.05) is 0 Å². The van der Waals surface area contributed by atoms with Gasteiger partial charge in [0, 0.05) is 11.6 Å². The number of phenols is 1. The van der Waals surface area contributed by atoms with Gasteiger partial charge in [-0.3, -0.25) is 5.43 Å². The Balaban J connectivity index is 1.50. The highest BCUT2D eigenvalue weighted by atomic mass is 32.1. The molecule has 0 heterocycles. The van der Waals surface area contributed by atoms with Crippen molar-refractivity contribution in [3.63, 3.8) is 0 Å². The smallest absolute Gasteiger partial charge is 0.187 e. The Hall–Kier alpha value is -1.88. The Morgan fingerprint density at radius 1 is 1.30 bits per heavy atom. The molecule has 4 nitrogen and oxygen atoms in total. The van der Waals surface area contributed by atoms with E-state index in [1.54, 1.807) is 24.4 Å². The number of hydrogen-bond donors (Lipinski definition) is 3. The second-order valence-electron chi connectivity index (χ2n) is 5.29. The first-order valence-electron chi connectivity index (χ1n) is 6.78. The summed E-state index contributed by atoms with van der Waals surface area (Å²) in [6.45, 7) is 0. The van der Waals surface area contributed by atoms with Crippen LogP contribution in [0.15, 0.2) is 41.5 Å². The van der Waals surface area contributed by atoms with Crippen LogP contribution in [0.5, 0.6) is 5.75 Å². The maximum absolute atomic E-state index is 9.60. The van der Waals surface area contributed by atoms with Crippen LogP contribution < -0.4 is 10.7 Å². The number of hydrogen-bond acceptors (Lipinski definition) is 3. The maximum atomic E-state index is 9.60. The van der Waals surface area contributed by atoms with E-state index in [0.717, 1.165) is 6.42 Å². The number of thiocarbonyl (C=S) groups is 1. The normalized spacial score (nSPS) is 27.1. The first-order valence-corrected chi connectivity index (χ1v) is 7.19. The summed E-state index contributed by atoms with van der Waals surface area (Å²) in [7, 11) is 0. The molecule has 1 saturated carbocycles. The third kappa shape index (κ3) is 2.82. The van der Waals surface area contributed by atoms with Crippen LogP contribution in [-0.4, -0.2) is 22.5 Å². The summed E-state index contributed by atoms with van der Waals surface area (Å²) < 4.78 is 0. The Labute approximate surface area is 123 Å². The molecule has 3 atom stereocenters. The quantitative estimate of drug-likeness (QED) is 0.345. The maximum Gasteiger partial charge on any atom is 0.187 e. The van der Waals surface area contributed by atoms with Crippen LogP contribution in [-0.2, 0) is 0 Å². The van der Waals surface area contributed by atoms with Gasteiger partial charge in [0.25, 0.3) is 0 Å². The largest absolute Gasteiger partial charge is 0.507 e. The number of nitrogens with one attached hydrogen (secondary N) is 2. The zero-order valence-corrected chi connectivity index (χ0v) is 11.8. The number of fused-ring (bicyclic) bond motifs is 2. The Morgan fingerprint density at radius 2 is 2.15 bits per heavy atom. The molecular formula is C15H17N3OS. The van der Waals surface area contributed by atoms with E-state index in [0.29, 0.717) is 28.6 Å². The van der Waals surface area contributed by atoms with Crippen LogP contribution in [0, 0.1) is 11.8 Å². The molecule has 0 spiro atoms. The molecule has 104 valence electrons. The van der Waals surface area contributed by atoms with Gasteiger partial charge in [0.15, 0.2) is 5.11 Å². The molecular weight excluding hydrogens is 270 g/mol. The summed E-state index contributed by atoms with van der Waals surface area (Å²) in [4.78, 5) is 0. The van der Waals surface area contributed by atoms with E-state index in [9.17, 15) is 5.11 Å². The van der Waals surface area contributed by atoms with Crippen molar-refractivity contribution in [3.05, 3.63) is 42.0 Å². The number of allylic oxidation sites excluding steroid dienone is 1. The number of rotatable bonds is 3. The average Bonchev–Trinajstić information content (AvgIpc) is 3.03. The lowest BCUT2D eigenvalue weighted by Crippen LogP contribution is -2.42. The Kier molecular flexibility index (Phi) is 3.69. The van der Waals surface area contributed by atoms with E-state index in [4.69, 9.17) is 12.2 Å². The second kappa shape index (κ2) is 5.63. The lowest BCUT2D eigenvalue weighted by Gasteiger charge is -2.20. The third-order valence-corrected chi connectivity index (χ3v) is 4.11. The summed E-state index contributed by atoms with van der Waals surface area (Å²) in [6.07, 6.45) is 8.52. The van der Waals surface area contributed by atoms with E-state index in [1.165, 1.54) is 6.42 Å². The fraction of sp³-hybridized carbons (Fsp3) is 0.333. The molecule has 2 aliphatic carbocycles. The van der Waals surface area contributed by atoms with Gasteiger partial charge in [0.05, 0.1) is 6.21 Å². The van der Waals surface area contributed by atoms with Crippen LogP contribution in [0.1, 0.15) is 18.4 Å². The van der Waals surface area contributed by atoms with Crippen molar-refractivity contribution in [2.45, 2.75) is 18.9 Å². The SMILES string of the molecule is Oc1ccccc1/C=N\NC(=S)N[C@@H]1C[C@@H]2C=C[C@@H]1C2. The van der Waals surface area contributed by atoms with E-state index in [-0.39, 0.29) is 5.75 Å². The first-order chi connectivity index (χ1) is 9.72. The molecule has 1 aromatic rings. The number of para-hydroxylation sites is 1. The predicted octanol–water partition coefficient (Wildman–Crippen LogP) is 2.15. The minimum Gasteiger partial charge on any atom is -0.507 e. The van der Waals surface area contributed by atoms with E-state index in [1.807, 2.05) is 6.07 Å². The Morgan fingerprint density at radius 3 is 2.85 bits per heavy atom. The number of benzene rings is 1. The molecule has 0 radical (unpaired) electrons. The minimum atomic E-state index is 0.204. The van der Waals surface area contributed by atoms with Gasteiger partial charge >= 0.3 is 0 Å². The summed E-state index contributed by atoms with van der Waals surface area (Å²) in [5, 5.41) is 17.5. The number of aromatic hydroxyl groups is 1. The zero-order valence-electron chi connectivity index (χ0n) is 11.0. The van der Waals surface area contributed by atoms with Crippen LogP contribution in [0.4, 0.5) is 0 Å². The molecule has 2 bridgehead atoms. The van der Waals surface area contributed by atoms with Gasteiger partial charge in [-0.25, -0.2) is 0 Å². The monoisotopic (exact) mass is 287 g/mol. The van der Waals surface area contributed by atoms with Gasteiger partial charge < -0.3 is 10.4 Å². The van der Waals surface area contributed by atoms with Crippen LogP contribution in [0.2, 0.25) is 0 Å². The molecule has 2 aliphatic rings. The van der Waals surface area contributed by atoms with Gasteiger partial charge in [-0.2, -0.15) is 5.10 Å². The predicted molar refractivity (Wildman–Crippen MR) is 83.7 cm³/mol. The lowest BCUT2D eigenvalue weighted by molar-refractivity contribution is 0.474. The fourth-order valence-electron chi connectivity index (χ4n) is 2.90. The molecule has 0 amide bonds. The van der Waals surface area contributed by atoms with Gasteiger partial charge in [-0.05, 0) is 49.0 Å². The lowest BCUT2D eigenvalue weighted by atomic mass is 10.0. The highest BCUT2D eigenvalue weighted by Gasteiger charge is 2.35. The second-order valence-corrected chi connectivity index (χ2v) is 5.70. The summed E-state index contributed by atoms with van der Waals surface area (Å²) in [5.41, 5.74) is 3.46. The highest BCUT2D eigenvalue weighted by Crippen LogP contribution is 2.38. The number of nitrogens with zero attached hydrogens (tertiary/aromatic N) is 1. The summed E-state index contributed by atoms with van der Waals surface area (Å²) in [5.74, 6) is 1.52. The number of phenolic OH excluding ortho intramolecular Hbond substituents is 1. The van der Waals surface area contributed by atoms with Crippen molar-refractivity contribution < 1.29 is 5.11 Å². The van der Waals surface area contributed by atoms with E-state index < -0.39 is 0 Å². The molecule has 0 aliphatic heterocycles. The minimum absolute atomic E-state index is 0.204. The summed E-state index contributed by atoms with van der Waals surface area (Å²) >= 11 is 5.23. The van der Waals surface area contributed by atoms with Crippen molar-refractivity contribution in [3.8, 4) is 5.75 Å². The molecule has 3 rings (SSSR count). The van der Waals surface area contributed by atoms with Crippen molar-refractivity contribution in [1.82, 2.24) is 10.7 Å². The summed E-state index contributed by atoms with van der Waals surface area (Å²) in [6, 6.07) is 7.45. The highest BCUT2D eigenvalue weighted by molar-refractivity contribution is 7.80. The van der Waals surface area contributed by atoms with Crippen LogP contribution in [0.3, 0.4) is 0 Å². The molecule has 20 heavy (non-hydrogen) atoms. The average molecular weight is 287 g/mol. The van der Waals surface area contributed by atoms with Crippen LogP contribution >= 0.6 is 12.2 Å². The molecule has 0 saturated heterocycles. The standard InChI is InChI=1S/C15H17N3OS/c19-14-4-2-1-3-12(14)9-16-18-15(20)17-13-8-10-5-6-11(13)7-10/h1-6,9-11,13,19H,7-8H2,(H2,17,18,20)/b16-9-/t10-,11-,13-/m1/s1. The zero-order chi connectivity index (χ0) is 13.9. The van der Waals surface area contributed by atoms with E-state index >= 15 is 0 Å². The van der Waals surface area contributed by atoms with Gasteiger partial charge in [0.2, 0.25) is 0 Å².